The number of imidazole rings is 1. The first-order valence-corrected chi connectivity index (χ1v) is 10.2. The maximum Gasteiger partial charge on any atom is 0.416 e. The molecule has 174 valence electrons. The van der Waals surface area contributed by atoms with E-state index in [0.29, 0.717) is 25.2 Å². The van der Waals surface area contributed by atoms with E-state index in [1.54, 1.807) is 4.57 Å². The lowest BCUT2D eigenvalue weighted by molar-refractivity contribution is -0.143. The molecule has 0 saturated heterocycles. The Balaban J connectivity index is 1.53. The molecule has 1 aromatic heterocycles. The van der Waals surface area contributed by atoms with Crippen LogP contribution in [-0.4, -0.2) is 15.5 Å². The number of nitrogens with one attached hydrogen (secondary N) is 1. The predicted molar refractivity (Wildman–Crippen MR) is 107 cm³/mol. The molecule has 0 radical (unpaired) electrons. The minimum Gasteiger partial charge on any atom is -0.347 e. The number of fused-ring (bicyclic) bond motifs is 1. The van der Waals surface area contributed by atoms with E-state index in [1.165, 1.54) is 6.20 Å². The number of aromatic nitrogens is 2. The molecule has 2 heterocycles. The van der Waals surface area contributed by atoms with Gasteiger partial charge < -0.3 is 9.88 Å². The molecular formula is C23H19F6N3O. The van der Waals surface area contributed by atoms with Gasteiger partial charge >= 0.3 is 12.4 Å². The number of alkyl halides is 6. The molecule has 0 unspecified atom stereocenters. The fourth-order valence-electron chi connectivity index (χ4n) is 3.91. The molecule has 2 aromatic carbocycles. The third-order valence-electron chi connectivity index (χ3n) is 5.60. The normalized spacial score (nSPS) is 16.4. The third kappa shape index (κ3) is 5.20. The van der Waals surface area contributed by atoms with Gasteiger partial charge in [-0.15, -0.1) is 0 Å². The van der Waals surface area contributed by atoms with Gasteiger partial charge in [0, 0.05) is 31.6 Å². The fraction of sp³-hybridized carbons (Fsp3) is 0.304. The molecule has 1 amide bonds. The van der Waals surface area contributed by atoms with E-state index in [-0.39, 0.29) is 23.9 Å². The first-order valence-electron chi connectivity index (χ1n) is 10.2. The van der Waals surface area contributed by atoms with Gasteiger partial charge in [0.2, 0.25) is 0 Å². The molecule has 4 rings (SSSR count). The van der Waals surface area contributed by atoms with Crippen LogP contribution in [0.4, 0.5) is 26.3 Å². The zero-order valence-corrected chi connectivity index (χ0v) is 17.2. The number of carbonyl (C=O) groups excluding carboxylic acids is 1. The molecule has 10 heteroatoms. The number of rotatable bonds is 4. The molecule has 3 aromatic rings. The van der Waals surface area contributed by atoms with Crippen molar-refractivity contribution in [3.05, 3.63) is 88.5 Å². The van der Waals surface area contributed by atoms with Crippen LogP contribution in [0.3, 0.4) is 0 Å². The van der Waals surface area contributed by atoms with E-state index in [9.17, 15) is 31.1 Å². The van der Waals surface area contributed by atoms with Gasteiger partial charge in [-0.25, -0.2) is 4.98 Å². The van der Waals surface area contributed by atoms with Gasteiger partial charge in [0.15, 0.2) is 0 Å². The highest BCUT2D eigenvalue weighted by molar-refractivity contribution is 5.92. The van der Waals surface area contributed by atoms with Crippen molar-refractivity contribution in [2.24, 2.45) is 0 Å². The summed E-state index contributed by atoms with van der Waals surface area (Å²) in [6, 6.07) is 10.9. The molecule has 0 bridgehead atoms. The number of hydrogen-bond donors (Lipinski definition) is 1. The SMILES string of the molecule is O=C(NCc1ccccc1)c1cn2c(n1)CC[C@@H](c1cc(C(F)(F)F)cc(C(F)(F)F)c1)C2. The molecule has 0 fully saturated rings. The topological polar surface area (TPSA) is 46.9 Å². The van der Waals surface area contributed by atoms with Gasteiger partial charge in [0.05, 0.1) is 11.1 Å². The van der Waals surface area contributed by atoms with Crippen molar-refractivity contribution in [1.29, 1.82) is 0 Å². The van der Waals surface area contributed by atoms with E-state index in [4.69, 9.17) is 0 Å². The summed E-state index contributed by atoms with van der Waals surface area (Å²) < 4.78 is 80.8. The quantitative estimate of drug-likeness (QED) is 0.510. The van der Waals surface area contributed by atoms with E-state index in [1.807, 2.05) is 30.3 Å². The van der Waals surface area contributed by atoms with Crippen molar-refractivity contribution in [3.63, 3.8) is 0 Å². The molecule has 1 aliphatic heterocycles. The van der Waals surface area contributed by atoms with E-state index >= 15 is 0 Å². The first kappa shape index (κ1) is 22.9. The molecule has 4 nitrogen and oxygen atoms in total. The largest absolute Gasteiger partial charge is 0.416 e. The van der Waals surface area contributed by atoms with Gasteiger partial charge in [0.25, 0.3) is 5.91 Å². The van der Waals surface area contributed by atoms with Crippen molar-refractivity contribution in [1.82, 2.24) is 14.9 Å². The number of nitrogens with zero attached hydrogens (tertiary/aromatic N) is 2. The van der Waals surface area contributed by atoms with Crippen molar-refractivity contribution < 1.29 is 31.1 Å². The first-order chi connectivity index (χ1) is 15.5. The highest BCUT2D eigenvalue weighted by atomic mass is 19.4. The summed E-state index contributed by atoms with van der Waals surface area (Å²) in [6.07, 6.45) is -7.65. The number of carbonyl (C=O) groups is 1. The average molecular weight is 467 g/mol. The van der Waals surface area contributed by atoms with Crippen LogP contribution >= 0.6 is 0 Å². The maximum atomic E-state index is 13.2. The molecule has 0 saturated carbocycles. The predicted octanol–water partition coefficient (Wildman–Crippen LogP) is 5.58. The molecule has 33 heavy (non-hydrogen) atoms. The van der Waals surface area contributed by atoms with Crippen LogP contribution in [0.1, 0.15) is 50.9 Å². The van der Waals surface area contributed by atoms with Crippen molar-refractivity contribution in [2.75, 3.05) is 0 Å². The Kier molecular flexibility index (Phi) is 5.94. The number of aryl methyl sites for hydroxylation is 1. The maximum absolute atomic E-state index is 13.2. The summed E-state index contributed by atoms with van der Waals surface area (Å²) in [5.41, 5.74) is -1.64. The molecule has 0 spiro atoms. The molecule has 1 aliphatic rings. The van der Waals surface area contributed by atoms with Crippen LogP contribution in [0.5, 0.6) is 0 Å². The van der Waals surface area contributed by atoms with Gasteiger partial charge in [0.1, 0.15) is 11.5 Å². The van der Waals surface area contributed by atoms with E-state index in [2.05, 4.69) is 10.3 Å². The Morgan fingerprint density at radius 1 is 1.00 bits per heavy atom. The summed E-state index contributed by atoms with van der Waals surface area (Å²) in [6.45, 7) is 0.432. The summed E-state index contributed by atoms with van der Waals surface area (Å²) >= 11 is 0. The van der Waals surface area contributed by atoms with Crippen LogP contribution < -0.4 is 5.32 Å². The Bertz CT molecular complexity index is 1120. The second kappa shape index (κ2) is 8.57. The van der Waals surface area contributed by atoms with Gasteiger partial charge in [-0.05, 0) is 35.7 Å². The summed E-state index contributed by atoms with van der Waals surface area (Å²) in [5.74, 6) is -0.412. The number of amides is 1. The second-order valence-corrected chi connectivity index (χ2v) is 7.94. The van der Waals surface area contributed by atoms with Gasteiger partial charge in [-0.3, -0.25) is 4.79 Å². The van der Waals surface area contributed by atoms with E-state index < -0.39 is 35.3 Å². The summed E-state index contributed by atoms with van der Waals surface area (Å²) in [4.78, 5) is 16.8. The fourth-order valence-corrected chi connectivity index (χ4v) is 3.91. The lowest BCUT2D eigenvalue weighted by atomic mass is 9.89. The lowest BCUT2D eigenvalue weighted by Crippen LogP contribution is -2.23. The Hall–Kier alpha value is -3.30. The molecule has 1 N–H and O–H groups in total. The van der Waals surface area contributed by atoms with Crippen molar-refractivity contribution >= 4 is 5.91 Å². The van der Waals surface area contributed by atoms with Crippen molar-refractivity contribution in [2.45, 2.75) is 44.2 Å². The Labute approximate surface area is 185 Å². The van der Waals surface area contributed by atoms with Crippen LogP contribution in [0.2, 0.25) is 0 Å². The van der Waals surface area contributed by atoms with E-state index in [0.717, 1.165) is 17.7 Å². The Morgan fingerprint density at radius 2 is 1.64 bits per heavy atom. The average Bonchev–Trinajstić information content (AvgIpc) is 3.20. The summed E-state index contributed by atoms with van der Waals surface area (Å²) in [5, 5.41) is 2.75. The smallest absolute Gasteiger partial charge is 0.347 e. The zero-order valence-electron chi connectivity index (χ0n) is 17.2. The number of hydrogen-bond acceptors (Lipinski definition) is 2. The standard InChI is InChI=1S/C23H19F6N3O/c24-22(25,26)17-8-16(9-18(10-17)23(27,28)29)15-6-7-20-31-19(13-32(20)12-15)21(33)30-11-14-4-2-1-3-5-14/h1-5,8-10,13,15H,6-7,11-12H2,(H,30,33)/t15-/m1/s1. The van der Waals surface area contributed by atoms with Crippen LogP contribution in [-0.2, 0) is 31.9 Å². The zero-order chi connectivity index (χ0) is 23.8. The molecular weight excluding hydrogens is 448 g/mol. The minimum atomic E-state index is -4.89. The monoisotopic (exact) mass is 467 g/mol. The molecule has 1 atom stereocenters. The second-order valence-electron chi connectivity index (χ2n) is 7.94. The molecule has 0 aliphatic carbocycles. The van der Waals surface area contributed by atoms with Gasteiger partial charge in [-0.2, -0.15) is 26.3 Å². The van der Waals surface area contributed by atoms with Crippen molar-refractivity contribution in [3.8, 4) is 0 Å². The summed E-state index contributed by atoms with van der Waals surface area (Å²) in [7, 11) is 0. The van der Waals surface area contributed by atoms with Crippen LogP contribution in [0, 0.1) is 0 Å². The lowest BCUT2D eigenvalue weighted by Gasteiger charge is -2.25. The Morgan fingerprint density at radius 3 is 2.24 bits per heavy atom. The highest BCUT2D eigenvalue weighted by Gasteiger charge is 2.38. The minimum absolute atomic E-state index is 0.0356. The third-order valence-corrected chi connectivity index (χ3v) is 5.60. The van der Waals surface area contributed by atoms with Crippen LogP contribution in [0.15, 0.2) is 54.7 Å². The number of halogens is 6. The number of benzene rings is 2. The highest BCUT2D eigenvalue weighted by Crippen LogP contribution is 2.39. The van der Waals surface area contributed by atoms with Crippen LogP contribution in [0.25, 0.3) is 0 Å². The van der Waals surface area contributed by atoms with Gasteiger partial charge in [-0.1, -0.05) is 30.3 Å².